The molecule has 0 aliphatic carbocycles. The number of thiophene rings is 1. The van der Waals surface area contributed by atoms with E-state index in [9.17, 15) is 14.4 Å². The van der Waals surface area contributed by atoms with E-state index in [2.05, 4.69) is 54.1 Å². The second kappa shape index (κ2) is 17.1. The van der Waals surface area contributed by atoms with Crippen LogP contribution in [0.25, 0.3) is 5.00 Å². The lowest BCUT2D eigenvalue weighted by molar-refractivity contribution is -0.136. The first kappa shape index (κ1) is 39.2. The van der Waals surface area contributed by atoms with Crippen LogP contribution in [0.2, 0.25) is 5.02 Å². The van der Waals surface area contributed by atoms with Crippen molar-refractivity contribution in [3.8, 4) is 16.8 Å². The third-order valence-corrected chi connectivity index (χ3v) is 12.7. The van der Waals surface area contributed by atoms with Crippen LogP contribution in [-0.4, -0.2) is 92.5 Å². The van der Waals surface area contributed by atoms with Gasteiger partial charge in [-0.2, -0.15) is 0 Å². The Hall–Kier alpha value is -5.62. The van der Waals surface area contributed by atoms with Crippen molar-refractivity contribution in [2.75, 3.05) is 31.5 Å². The molecule has 13 nitrogen and oxygen atoms in total. The van der Waals surface area contributed by atoms with Crippen LogP contribution in [-0.2, 0) is 22.7 Å². The number of unbranched alkanes of at least 4 members (excludes halogenated alkanes) is 1. The van der Waals surface area contributed by atoms with Gasteiger partial charge in [-0.1, -0.05) is 41.6 Å². The average Bonchev–Trinajstić information content (AvgIpc) is 3.83. The zero-order valence-corrected chi connectivity index (χ0v) is 34.1. The van der Waals surface area contributed by atoms with E-state index in [1.54, 1.807) is 22.5 Å². The molecule has 15 heteroatoms. The number of aromatic nitrogens is 3. The number of halogens is 1. The highest BCUT2D eigenvalue weighted by molar-refractivity contribution is 7.15. The summed E-state index contributed by atoms with van der Waals surface area (Å²) in [5, 5.41) is 16.5. The van der Waals surface area contributed by atoms with Crippen LogP contribution in [0.3, 0.4) is 0 Å². The van der Waals surface area contributed by atoms with E-state index in [1.165, 1.54) is 6.20 Å². The maximum absolute atomic E-state index is 13.2. The first-order valence-corrected chi connectivity index (χ1v) is 20.9. The van der Waals surface area contributed by atoms with Gasteiger partial charge in [0.2, 0.25) is 11.8 Å². The summed E-state index contributed by atoms with van der Waals surface area (Å²) in [4.78, 5) is 52.0. The van der Waals surface area contributed by atoms with E-state index in [4.69, 9.17) is 22.3 Å². The SMILES string of the molecule is Cc1c(C#CC(C=NCCCCN2CCC(Nc3cccc4c3CN(C3CCC(=O)NC3=O)C4=O)CC2)=CN)sc2c1C(c1ccc(Cl)cc1)=NCc1nnc(C)n1-2. The number of likely N-dealkylation sites (tertiary alicyclic amines) is 1. The molecule has 0 radical (unpaired) electrons. The number of piperidine rings is 2. The summed E-state index contributed by atoms with van der Waals surface area (Å²) in [6.45, 7) is 8.49. The molecule has 298 valence electrons. The number of nitrogens with two attached hydrogens (primary N) is 1. The van der Waals surface area contributed by atoms with Crippen LogP contribution in [0.15, 0.2) is 64.2 Å². The summed E-state index contributed by atoms with van der Waals surface area (Å²) >= 11 is 7.80. The number of fused-ring (bicyclic) bond motifs is 4. The highest BCUT2D eigenvalue weighted by Crippen LogP contribution is 2.37. The highest BCUT2D eigenvalue weighted by atomic mass is 35.5. The Bertz CT molecular complexity index is 2410. The molecule has 6 heterocycles. The van der Waals surface area contributed by atoms with Gasteiger partial charge in [-0.05, 0) is 82.3 Å². The first-order chi connectivity index (χ1) is 28.2. The van der Waals surface area contributed by atoms with Crippen molar-refractivity contribution in [3.05, 3.63) is 104 Å². The minimum absolute atomic E-state index is 0.152. The van der Waals surface area contributed by atoms with Gasteiger partial charge >= 0.3 is 0 Å². The number of carbonyl (C=O) groups is 3. The molecule has 0 spiro atoms. The standard InChI is InChI=1S/C43H45ClN10O3S/c1-26-36(58-43-39(26)40(29-9-11-30(44)12-10-29)47-24-37-51-50-27(2)54(37)43)14-8-28(22-45)23-46-18-3-4-19-52-20-16-31(17-21-52)48-34-7-5-6-32-33(34)25-53(42(32)57)35-13-15-38(55)49-41(35)56/h5-7,9-12,22-23,31,35,48H,3-4,13,15-21,24-25,45H2,1-2H3,(H,49,55,56). The molecule has 2 aromatic carbocycles. The molecule has 3 amide bonds. The fourth-order valence-corrected chi connectivity index (χ4v) is 9.44. The van der Waals surface area contributed by atoms with Crippen LogP contribution in [0, 0.1) is 25.7 Å². The lowest BCUT2D eigenvalue weighted by atomic mass is 10.00. The van der Waals surface area contributed by atoms with Gasteiger partial charge in [0.1, 0.15) is 23.4 Å². The zero-order valence-electron chi connectivity index (χ0n) is 32.6. The number of nitrogens with one attached hydrogen (secondary N) is 2. The number of carbonyl (C=O) groups excluding carboxylic acids is 3. The van der Waals surface area contributed by atoms with E-state index in [0.717, 1.165) is 100 Å². The summed E-state index contributed by atoms with van der Waals surface area (Å²) < 4.78 is 2.08. The van der Waals surface area contributed by atoms with E-state index >= 15 is 0 Å². The van der Waals surface area contributed by atoms with Gasteiger partial charge in [-0.15, -0.1) is 21.5 Å². The minimum Gasteiger partial charge on any atom is -0.404 e. The van der Waals surface area contributed by atoms with Crippen LogP contribution in [0.1, 0.15) is 87.7 Å². The second-order valence-corrected chi connectivity index (χ2v) is 16.4. The molecular weight excluding hydrogens is 772 g/mol. The molecule has 4 aromatic rings. The molecule has 0 bridgehead atoms. The summed E-state index contributed by atoms with van der Waals surface area (Å²) in [5.41, 5.74) is 13.1. The first-order valence-electron chi connectivity index (χ1n) is 19.7. The van der Waals surface area contributed by atoms with E-state index in [0.29, 0.717) is 48.3 Å². The van der Waals surface area contributed by atoms with Gasteiger partial charge in [0, 0.05) is 84.0 Å². The fourth-order valence-electron chi connectivity index (χ4n) is 8.09. The molecule has 2 aromatic heterocycles. The Morgan fingerprint density at radius 1 is 1.09 bits per heavy atom. The summed E-state index contributed by atoms with van der Waals surface area (Å²) in [7, 11) is 0. The number of benzene rings is 2. The molecule has 0 saturated carbocycles. The van der Waals surface area contributed by atoms with Crippen molar-refractivity contribution < 1.29 is 14.4 Å². The normalized spacial score (nSPS) is 18.6. The molecular formula is C43H45ClN10O3S. The Balaban J connectivity index is 0.817. The number of allylic oxidation sites excluding steroid dienone is 1. The van der Waals surface area contributed by atoms with Crippen LogP contribution < -0.4 is 16.4 Å². The Morgan fingerprint density at radius 2 is 1.90 bits per heavy atom. The molecule has 4 N–H and O–H groups in total. The molecule has 4 aliphatic heterocycles. The van der Waals surface area contributed by atoms with Crippen LogP contribution in [0.5, 0.6) is 0 Å². The quantitative estimate of drug-likeness (QED) is 0.0838. The molecule has 2 saturated heterocycles. The predicted octanol–water partition coefficient (Wildman–Crippen LogP) is 5.33. The van der Waals surface area contributed by atoms with Crippen molar-refractivity contribution >= 4 is 58.3 Å². The summed E-state index contributed by atoms with van der Waals surface area (Å²) in [6.07, 6.45) is 7.85. The van der Waals surface area contributed by atoms with E-state index in [1.807, 2.05) is 49.4 Å². The van der Waals surface area contributed by atoms with Crippen molar-refractivity contribution in [1.29, 1.82) is 0 Å². The number of hydrogen-bond acceptors (Lipinski definition) is 11. The predicted molar refractivity (Wildman–Crippen MR) is 227 cm³/mol. The third-order valence-electron chi connectivity index (χ3n) is 11.2. The maximum Gasteiger partial charge on any atom is 0.255 e. The molecule has 2 fully saturated rings. The average molecular weight is 817 g/mol. The van der Waals surface area contributed by atoms with E-state index in [-0.39, 0.29) is 18.2 Å². The lowest BCUT2D eigenvalue weighted by Crippen LogP contribution is -2.52. The van der Waals surface area contributed by atoms with Crippen molar-refractivity contribution in [2.45, 2.75) is 77.5 Å². The number of rotatable bonds is 10. The number of amides is 3. The van der Waals surface area contributed by atoms with Crippen molar-refractivity contribution in [3.63, 3.8) is 0 Å². The fraction of sp³-hybridized carbons (Fsp3) is 0.372. The number of anilines is 1. The molecule has 1 unspecified atom stereocenters. The van der Waals surface area contributed by atoms with Crippen LogP contribution in [0.4, 0.5) is 5.69 Å². The highest BCUT2D eigenvalue weighted by Gasteiger charge is 2.40. The molecule has 8 rings (SSSR count). The number of hydrogen-bond donors (Lipinski definition) is 3. The smallest absolute Gasteiger partial charge is 0.255 e. The second-order valence-electron chi connectivity index (χ2n) is 15.0. The van der Waals surface area contributed by atoms with Gasteiger partial charge in [0.05, 0.1) is 16.2 Å². The summed E-state index contributed by atoms with van der Waals surface area (Å²) in [5.74, 6) is 7.35. The van der Waals surface area contributed by atoms with Gasteiger partial charge in [0.15, 0.2) is 5.82 Å². The number of aliphatic imine (C=N–C) groups is 2. The topological polar surface area (TPSA) is 163 Å². The summed E-state index contributed by atoms with van der Waals surface area (Å²) in [6, 6.07) is 13.1. The van der Waals surface area contributed by atoms with Gasteiger partial charge in [-0.3, -0.25) is 34.3 Å². The Morgan fingerprint density at radius 3 is 2.67 bits per heavy atom. The largest absolute Gasteiger partial charge is 0.404 e. The van der Waals surface area contributed by atoms with Gasteiger partial charge in [-0.25, -0.2) is 0 Å². The number of nitrogens with zero attached hydrogens (tertiary/aromatic N) is 7. The molecule has 4 aliphatic rings. The van der Waals surface area contributed by atoms with Gasteiger partial charge in [0.25, 0.3) is 5.91 Å². The third kappa shape index (κ3) is 8.07. The molecule has 58 heavy (non-hydrogen) atoms. The lowest BCUT2D eigenvalue weighted by Gasteiger charge is -2.33. The minimum atomic E-state index is -0.619. The van der Waals surface area contributed by atoms with Crippen molar-refractivity contribution in [1.82, 2.24) is 29.9 Å². The zero-order chi connectivity index (χ0) is 40.3. The van der Waals surface area contributed by atoms with E-state index < -0.39 is 11.9 Å². The molecule has 1 atom stereocenters. The monoisotopic (exact) mass is 816 g/mol. The Kier molecular flexibility index (Phi) is 11.5. The Labute approximate surface area is 346 Å². The number of aryl methyl sites for hydroxylation is 1. The number of imide groups is 1. The van der Waals surface area contributed by atoms with Gasteiger partial charge < -0.3 is 20.9 Å². The van der Waals surface area contributed by atoms with Crippen molar-refractivity contribution in [2.24, 2.45) is 15.7 Å². The maximum atomic E-state index is 13.2. The van der Waals surface area contributed by atoms with Crippen LogP contribution >= 0.6 is 22.9 Å².